The highest BCUT2D eigenvalue weighted by Gasteiger charge is 2.40. The summed E-state index contributed by atoms with van der Waals surface area (Å²) in [7, 11) is -3.21. The molecular weight excluding hydrogens is 441 g/mol. The Kier molecular flexibility index (Phi) is 8.04. The minimum Gasteiger partial charge on any atom is -0.295 e. The molecule has 0 radical (unpaired) electrons. The molecule has 0 atom stereocenters. The third-order valence-corrected chi connectivity index (χ3v) is 8.98. The molecule has 0 spiro atoms. The Morgan fingerprint density at radius 3 is 2.12 bits per heavy atom. The first kappa shape index (κ1) is 25.2. The van der Waals surface area contributed by atoms with E-state index in [0.29, 0.717) is 44.6 Å². The van der Waals surface area contributed by atoms with Crippen LogP contribution in [0.4, 0.5) is 13.2 Å². The molecule has 0 amide bonds. The highest BCUT2D eigenvalue weighted by atomic mass is 32.2. The van der Waals surface area contributed by atoms with Crippen molar-refractivity contribution in [1.82, 2.24) is 9.21 Å². The number of carbonyl (C=O) groups is 1. The number of ketones is 1. The van der Waals surface area contributed by atoms with Crippen LogP contribution in [0.5, 0.6) is 0 Å². The van der Waals surface area contributed by atoms with E-state index in [9.17, 15) is 26.4 Å². The maximum Gasteiger partial charge on any atom is 0.416 e. The predicted octanol–water partition coefficient (Wildman–Crippen LogP) is 4.73. The Morgan fingerprint density at radius 1 is 1.00 bits per heavy atom. The smallest absolute Gasteiger partial charge is 0.295 e. The van der Waals surface area contributed by atoms with Gasteiger partial charge in [0.2, 0.25) is 10.0 Å². The van der Waals surface area contributed by atoms with Crippen LogP contribution in [0.1, 0.15) is 74.2 Å². The van der Waals surface area contributed by atoms with Crippen LogP contribution in [0, 0.1) is 0 Å². The number of carbonyl (C=O) groups excluding carboxylic acids is 1. The van der Waals surface area contributed by atoms with Crippen LogP contribution in [0.25, 0.3) is 0 Å². The first-order valence-electron chi connectivity index (χ1n) is 11.5. The molecule has 9 heteroatoms. The third-order valence-electron chi connectivity index (χ3n) is 6.90. The molecule has 1 heterocycles. The highest BCUT2D eigenvalue weighted by molar-refractivity contribution is 7.89. The number of rotatable bonds is 8. The van der Waals surface area contributed by atoms with Gasteiger partial charge in [-0.3, -0.25) is 9.69 Å². The Bertz CT molecular complexity index is 871. The zero-order valence-corrected chi connectivity index (χ0v) is 19.5. The number of Topliss-reactive ketones (excluding diaryl/α,β-unsaturated/α-hetero) is 1. The number of benzene rings is 1. The summed E-state index contributed by atoms with van der Waals surface area (Å²) in [5.74, 6) is 0.0209. The average molecular weight is 475 g/mol. The van der Waals surface area contributed by atoms with Crippen molar-refractivity contribution < 1.29 is 26.4 Å². The first-order valence-corrected chi connectivity index (χ1v) is 13.1. The summed E-state index contributed by atoms with van der Waals surface area (Å²) in [5.41, 5.74) is -0.589. The largest absolute Gasteiger partial charge is 0.416 e. The van der Waals surface area contributed by atoms with Gasteiger partial charge in [-0.1, -0.05) is 38.3 Å². The van der Waals surface area contributed by atoms with Gasteiger partial charge in [0.1, 0.15) is 0 Å². The molecule has 32 heavy (non-hydrogen) atoms. The zero-order valence-electron chi connectivity index (χ0n) is 18.7. The lowest BCUT2D eigenvalue weighted by atomic mass is 9.76. The van der Waals surface area contributed by atoms with Gasteiger partial charge in [0, 0.05) is 43.7 Å². The van der Waals surface area contributed by atoms with Gasteiger partial charge in [-0.05, 0) is 37.8 Å². The molecule has 0 N–H and O–H groups in total. The molecule has 2 fully saturated rings. The minimum absolute atomic E-state index is 0.138. The predicted molar refractivity (Wildman–Crippen MR) is 118 cm³/mol. The van der Waals surface area contributed by atoms with Crippen LogP contribution >= 0.6 is 0 Å². The lowest BCUT2D eigenvalue weighted by molar-refractivity contribution is -0.137. The summed E-state index contributed by atoms with van der Waals surface area (Å²) in [4.78, 5) is 15.1. The molecule has 1 saturated carbocycles. The number of hydrogen-bond acceptors (Lipinski definition) is 4. The summed E-state index contributed by atoms with van der Waals surface area (Å²) in [5, 5.41) is 0. The van der Waals surface area contributed by atoms with E-state index in [2.05, 4.69) is 4.90 Å². The van der Waals surface area contributed by atoms with Gasteiger partial charge in [-0.25, -0.2) is 8.42 Å². The van der Waals surface area contributed by atoms with E-state index in [1.165, 1.54) is 12.1 Å². The SMILES string of the molecule is CCCS(=O)(=O)N1CCN(C2(CCC(=O)c3ccc(C(F)(F)F)cc3)CCCCC2)CC1. The van der Waals surface area contributed by atoms with Crippen molar-refractivity contribution in [3.05, 3.63) is 35.4 Å². The molecule has 180 valence electrons. The van der Waals surface area contributed by atoms with Crippen molar-refractivity contribution >= 4 is 15.8 Å². The van der Waals surface area contributed by atoms with Crippen molar-refractivity contribution in [3.63, 3.8) is 0 Å². The van der Waals surface area contributed by atoms with E-state index >= 15 is 0 Å². The summed E-state index contributed by atoms with van der Waals surface area (Å²) in [6, 6.07) is 4.44. The third kappa shape index (κ3) is 5.91. The fraction of sp³-hybridized carbons (Fsp3) is 0.696. The van der Waals surface area contributed by atoms with Gasteiger partial charge in [0.15, 0.2) is 5.78 Å². The summed E-state index contributed by atoms with van der Waals surface area (Å²) >= 11 is 0. The van der Waals surface area contributed by atoms with Crippen molar-refractivity contribution in [3.8, 4) is 0 Å². The number of nitrogens with zero attached hydrogens (tertiary/aromatic N) is 2. The quantitative estimate of drug-likeness (QED) is 0.511. The van der Waals surface area contributed by atoms with Gasteiger partial charge in [0.25, 0.3) is 0 Å². The van der Waals surface area contributed by atoms with Crippen LogP contribution in [0.2, 0.25) is 0 Å². The van der Waals surface area contributed by atoms with Gasteiger partial charge in [0.05, 0.1) is 11.3 Å². The lowest BCUT2D eigenvalue weighted by Gasteiger charge is -2.50. The molecule has 0 unspecified atom stereocenters. The van der Waals surface area contributed by atoms with Crippen LogP contribution < -0.4 is 0 Å². The molecule has 5 nitrogen and oxygen atoms in total. The fourth-order valence-corrected chi connectivity index (χ4v) is 6.59. The van der Waals surface area contributed by atoms with Crippen LogP contribution in [-0.2, 0) is 16.2 Å². The monoisotopic (exact) mass is 474 g/mol. The van der Waals surface area contributed by atoms with E-state index in [1.54, 1.807) is 4.31 Å². The number of piperazine rings is 1. The zero-order chi connectivity index (χ0) is 23.4. The van der Waals surface area contributed by atoms with Crippen molar-refractivity contribution in [1.29, 1.82) is 0 Å². The Labute approximate surface area is 189 Å². The van der Waals surface area contributed by atoms with Crippen molar-refractivity contribution in [2.45, 2.75) is 70.0 Å². The summed E-state index contributed by atoms with van der Waals surface area (Å²) in [6.45, 7) is 4.10. The second kappa shape index (κ2) is 10.2. The second-order valence-corrected chi connectivity index (χ2v) is 11.1. The number of sulfonamides is 1. The van der Waals surface area contributed by atoms with Crippen LogP contribution in [0.15, 0.2) is 24.3 Å². The van der Waals surface area contributed by atoms with Crippen LogP contribution in [0.3, 0.4) is 0 Å². The maximum atomic E-state index is 12.8. The normalized spacial score (nSPS) is 20.9. The molecule has 1 saturated heterocycles. The van der Waals surface area contributed by atoms with E-state index in [-0.39, 0.29) is 23.5 Å². The lowest BCUT2D eigenvalue weighted by Crippen LogP contribution is -2.58. The number of halogens is 3. The van der Waals surface area contributed by atoms with Gasteiger partial charge < -0.3 is 0 Å². The summed E-state index contributed by atoms with van der Waals surface area (Å²) < 4.78 is 64.7. The van der Waals surface area contributed by atoms with E-state index in [1.807, 2.05) is 6.92 Å². The van der Waals surface area contributed by atoms with E-state index < -0.39 is 21.8 Å². The molecular formula is C23H33F3N2O3S. The Hall–Kier alpha value is -1.45. The second-order valence-electron chi connectivity index (χ2n) is 8.99. The number of hydrogen-bond donors (Lipinski definition) is 0. The van der Waals surface area contributed by atoms with Gasteiger partial charge in [-0.2, -0.15) is 17.5 Å². The summed E-state index contributed by atoms with van der Waals surface area (Å²) in [6.07, 6.45) is 2.34. The molecule has 1 aromatic carbocycles. The van der Waals surface area contributed by atoms with E-state index in [4.69, 9.17) is 0 Å². The molecule has 0 bridgehead atoms. The molecule has 1 aliphatic carbocycles. The van der Waals surface area contributed by atoms with Gasteiger partial charge >= 0.3 is 6.18 Å². The standard InChI is InChI=1S/C23H33F3N2O3S/c1-2-18-32(30,31)28-16-14-27(15-17-28)22(11-4-3-5-12-22)13-10-21(29)19-6-8-20(9-7-19)23(24,25)26/h6-9H,2-5,10-18H2,1H3. The molecule has 1 aliphatic heterocycles. The van der Waals surface area contributed by atoms with Gasteiger partial charge in [-0.15, -0.1) is 0 Å². The maximum absolute atomic E-state index is 12.8. The Morgan fingerprint density at radius 2 is 1.59 bits per heavy atom. The molecule has 2 aliphatic rings. The molecule has 1 aromatic rings. The average Bonchev–Trinajstić information content (AvgIpc) is 2.78. The topological polar surface area (TPSA) is 57.7 Å². The van der Waals surface area contributed by atoms with Crippen molar-refractivity contribution in [2.24, 2.45) is 0 Å². The fourth-order valence-electron chi connectivity index (χ4n) is 5.10. The molecule has 0 aromatic heterocycles. The molecule has 3 rings (SSSR count). The number of alkyl halides is 3. The van der Waals surface area contributed by atoms with E-state index in [0.717, 1.165) is 44.2 Å². The van der Waals surface area contributed by atoms with Crippen LogP contribution in [-0.4, -0.2) is 60.9 Å². The highest BCUT2D eigenvalue weighted by Crippen LogP contribution is 2.39. The Balaban J connectivity index is 1.65. The van der Waals surface area contributed by atoms with Crippen molar-refractivity contribution in [2.75, 3.05) is 31.9 Å². The first-order chi connectivity index (χ1) is 15.1. The minimum atomic E-state index is -4.42.